The average molecular weight is 313 g/mol. The van der Waals surface area contributed by atoms with Gasteiger partial charge in [0, 0.05) is 50.5 Å². The standard InChI is InChI=1S/C16H19N5O2/c1-12-2-3-17-13(10-12)11-14(22)20-6-8-21(9-7-20)15-16(23)19-5-4-18-15/h2-5,10H,6-9,11H2,1H3,(H,19,23). The molecule has 0 aliphatic carbocycles. The normalized spacial score (nSPS) is 14.8. The summed E-state index contributed by atoms with van der Waals surface area (Å²) in [6.07, 6.45) is 5.12. The molecule has 3 rings (SSSR count). The highest BCUT2D eigenvalue weighted by Gasteiger charge is 2.23. The molecule has 1 fully saturated rings. The average Bonchev–Trinajstić information content (AvgIpc) is 2.55. The lowest BCUT2D eigenvalue weighted by molar-refractivity contribution is -0.130. The van der Waals surface area contributed by atoms with Gasteiger partial charge in [-0.15, -0.1) is 0 Å². The van der Waals surface area contributed by atoms with Gasteiger partial charge in [-0.25, -0.2) is 4.98 Å². The Morgan fingerprint density at radius 3 is 2.70 bits per heavy atom. The van der Waals surface area contributed by atoms with Gasteiger partial charge in [-0.1, -0.05) is 0 Å². The van der Waals surface area contributed by atoms with E-state index in [1.807, 2.05) is 28.9 Å². The van der Waals surface area contributed by atoms with Crippen LogP contribution in [0.1, 0.15) is 11.3 Å². The predicted octanol–water partition coefficient (Wildman–Crippen LogP) is 0.365. The maximum atomic E-state index is 12.4. The van der Waals surface area contributed by atoms with Crippen LogP contribution in [-0.2, 0) is 11.2 Å². The van der Waals surface area contributed by atoms with Crippen LogP contribution in [0.4, 0.5) is 5.82 Å². The van der Waals surface area contributed by atoms with Crippen molar-refractivity contribution in [2.45, 2.75) is 13.3 Å². The van der Waals surface area contributed by atoms with Crippen LogP contribution in [0.15, 0.2) is 35.5 Å². The Labute approximate surface area is 134 Å². The van der Waals surface area contributed by atoms with Crippen molar-refractivity contribution in [3.05, 3.63) is 52.3 Å². The van der Waals surface area contributed by atoms with E-state index < -0.39 is 0 Å². The highest BCUT2D eigenvalue weighted by Crippen LogP contribution is 2.10. The Morgan fingerprint density at radius 2 is 2.00 bits per heavy atom. The van der Waals surface area contributed by atoms with Crippen LogP contribution in [0.2, 0.25) is 0 Å². The Balaban J connectivity index is 1.59. The van der Waals surface area contributed by atoms with Gasteiger partial charge in [0.15, 0.2) is 5.82 Å². The van der Waals surface area contributed by atoms with Gasteiger partial charge in [-0.2, -0.15) is 0 Å². The van der Waals surface area contributed by atoms with Crippen molar-refractivity contribution in [2.75, 3.05) is 31.1 Å². The number of hydrogen-bond acceptors (Lipinski definition) is 5. The molecule has 0 saturated carbocycles. The highest BCUT2D eigenvalue weighted by atomic mass is 16.2. The Bertz CT molecular complexity index is 750. The molecule has 2 aromatic rings. The first-order chi connectivity index (χ1) is 11.1. The zero-order valence-electron chi connectivity index (χ0n) is 13.0. The van der Waals surface area contributed by atoms with Crippen LogP contribution in [0.25, 0.3) is 0 Å². The van der Waals surface area contributed by atoms with Crippen LogP contribution in [0.3, 0.4) is 0 Å². The van der Waals surface area contributed by atoms with E-state index in [2.05, 4.69) is 15.0 Å². The number of nitrogens with zero attached hydrogens (tertiary/aromatic N) is 4. The third-order valence-corrected chi connectivity index (χ3v) is 3.93. The lowest BCUT2D eigenvalue weighted by atomic mass is 10.2. The highest BCUT2D eigenvalue weighted by molar-refractivity contribution is 5.78. The number of H-pyrrole nitrogens is 1. The third kappa shape index (κ3) is 3.56. The van der Waals surface area contributed by atoms with Crippen molar-refractivity contribution in [3.8, 4) is 0 Å². The molecule has 2 aromatic heterocycles. The molecule has 0 atom stereocenters. The molecule has 0 aromatic carbocycles. The number of carbonyl (C=O) groups is 1. The van der Waals surface area contributed by atoms with E-state index in [1.54, 1.807) is 12.4 Å². The molecule has 7 nitrogen and oxygen atoms in total. The van der Waals surface area contributed by atoms with Crippen LogP contribution in [-0.4, -0.2) is 51.9 Å². The van der Waals surface area contributed by atoms with E-state index in [1.165, 1.54) is 6.20 Å². The largest absolute Gasteiger partial charge is 0.348 e. The zero-order chi connectivity index (χ0) is 16.2. The molecule has 7 heteroatoms. The molecule has 1 aliphatic heterocycles. The van der Waals surface area contributed by atoms with E-state index in [9.17, 15) is 9.59 Å². The number of aromatic nitrogens is 3. The number of aromatic amines is 1. The first-order valence-electron chi connectivity index (χ1n) is 7.61. The second-order valence-electron chi connectivity index (χ2n) is 5.61. The van der Waals surface area contributed by atoms with E-state index in [0.29, 0.717) is 38.4 Å². The Hall–Kier alpha value is -2.70. The van der Waals surface area contributed by atoms with Gasteiger partial charge in [0.25, 0.3) is 5.56 Å². The fourth-order valence-corrected chi connectivity index (χ4v) is 2.70. The molecule has 120 valence electrons. The molecule has 1 aliphatic rings. The van der Waals surface area contributed by atoms with Crippen molar-refractivity contribution in [3.63, 3.8) is 0 Å². The molecular formula is C16H19N5O2. The SMILES string of the molecule is Cc1ccnc(CC(=O)N2CCN(c3ncc[nH]c3=O)CC2)c1. The van der Waals surface area contributed by atoms with E-state index in [-0.39, 0.29) is 11.5 Å². The van der Waals surface area contributed by atoms with Gasteiger partial charge in [-0.3, -0.25) is 14.6 Å². The second kappa shape index (κ2) is 6.60. The van der Waals surface area contributed by atoms with Crippen molar-refractivity contribution >= 4 is 11.7 Å². The quantitative estimate of drug-likeness (QED) is 0.885. The monoisotopic (exact) mass is 313 g/mol. The number of amides is 1. The molecule has 1 N–H and O–H groups in total. The summed E-state index contributed by atoms with van der Waals surface area (Å²) < 4.78 is 0. The number of rotatable bonds is 3. The van der Waals surface area contributed by atoms with Gasteiger partial charge in [0.1, 0.15) is 0 Å². The topological polar surface area (TPSA) is 82.2 Å². The summed E-state index contributed by atoms with van der Waals surface area (Å²) in [5.41, 5.74) is 1.69. The molecule has 23 heavy (non-hydrogen) atoms. The van der Waals surface area contributed by atoms with Gasteiger partial charge in [0.2, 0.25) is 5.91 Å². The molecule has 1 saturated heterocycles. The summed E-state index contributed by atoms with van der Waals surface area (Å²) >= 11 is 0. The van der Waals surface area contributed by atoms with Crippen molar-refractivity contribution in [1.29, 1.82) is 0 Å². The molecule has 0 bridgehead atoms. The molecule has 0 unspecified atom stereocenters. The summed E-state index contributed by atoms with van der Waals surface area (Å²) in [6.45, 7) is 4.36. The summed E-state index contributed by atoms with van der Waals surface area (Å²) in [5.74, 6) is 0.484. The van der Waals surface area contributed by atoms with E-state index in [4.69, 9.17) is 0 Å². The lowest BCUT2D eigenvalue weighted by Crippen LogP contribution is -2.50. The molecule has 0 spiro atoms. The van der Waals surface area contributed by atoms with Gasteiger partial charge in [0.05, 0.1) is 6.42 Å². The fraction of sp³-hybridized carbons (Fsp3) is 0.375. The fourth-order valence-electron chi connectivity index (χ4n) is 2.70. The summed E-state index contributed by atoms with van der Waals surface area (Å²) in [4.78, 5) is 38.8. The molecule has 0 radical (unpaired) electrons. The Morgan fingerprint density at radius 1 is 1.22 bits per heavy atom. The van der Waals surface area contributed by atoms with E-state index in [0.717, 1.165) is 11.3 Å². The second-order valence-corrected chi connectivity index (χ2v) is 5.61. The van der Waals surface area contributed by atoms with Crippen LogP contribution in [0, 0.1) is 6.92 Å². The van der Waals surface area contributed by atoms with Crippen molar-refractivity contribution < 1.29 is 4.79 Å². The number of piperazine rings is 1. The third-order valence-electron chi connectivity index (χ3n) is 3.93. The van der Waals surface area contributed by atoms with Crippen LogP contribution < -0.4 is 10.5 Å². The van der Waals surface area contributed by atoms with E-state index >= 15 is 0 Å². The van der Waals surface area contributed by atoms with Gasteiger partial charge >= 0.3 is 0 Å². The number of carbonyl (C=O) groups excluding carboxylic acids is 1. The minimum Gasteiger partial charge on any atom is -0.348 e. The number of nitrogens with one attached hydrogen (secondary N) is 1. The number of aryl methyl sites for hydroxylation is 1. The maximum absolute atomic E-state index is 12.4. The molecular weight excluding hydrogens is 294 g/mol. The first kappa shape index (κ1) is 15.2. The van der Waals surface area contributed by atoms with Crippen LogP contribution in [0.5, 0.6) is 0 Å². The first-order valence-corrected chi connectivity index (χ1v) is 7.61. The summed E-state index contributed by atoms with van der Waals surface area (Å²) in [7, 11) is 0. The minimum atomic E-state index is -0.198. The van der Waals surface area contributed by atoms with Crippen molar-refractivity contribution in [1.82, 2.24) is 19.9 Å². The summed E-state index contributed by atoms with van der Waals surface area (Å²) in [6, 6.07) is 3.85. The minimum absolute atomic E-state index is 0.0673. The number of pyridine rings is 1. The van der Waals surface area contributed by atoms with Gasteiger partial charge in [-0.05, 0) is 24.6 Å². The molecule has 3 heterocycles. The molecule has 1 amide bonds. The van der Waals surface area contributed by atoms with Crippen LogP contribution >= 0.6 is 0 Å². The van der Waals surface area contributed by atoms with Crippen molar-refractivity contribution in [2.24, 2.45) is 0 Å². The zero-order valence-corrected chi connectivity index (χ0v) is 13.0. The Kier molecular flexibility index (Phi) is 4.36. The number of anilines is 1. The summed E-state index contributed by atoms with van der Waals surface area (Å²) in [5, 5.41) is 0. The lowest BCUT2D eigenvalue weighted by Gasteiger charge is -2.34. The predicted molar refractivity (Wildman–Crippen MR) is 86.3 cm³/mol. The number of hydrogen-bond donors (Lipinski definition) is 1. The smallest absolute Gasteiger partial charge is 0.290 e. The van der Waals surface area contributed by atoms with Gasteiger partial charge < -0.3 is 14.8 Å². The maximum Gasteiger partial charge on any atom is 0.290 e.